The Morgan fingerprint density at radius 1 is 1.29 bits per heavy atom. The zero-order valence-corrected chi connectivity index (χ0v) is 12.0. The highest BCUT2D eigenvalue weighted by molar-refractivity contribution is 7.89. The van der Waals surface area contributed by atoms with E-state index in [2.05, 4.69) is 10.0 Å². The molecule has 0 amide bonds. The number of nitro groups is 1. The maximum absolute atomic E-state index is 13.4. The first kappa shape index (κ1) is 17.4. The van der Waals surface area contributed by atoms with Gasteiger partial charge in [-0.25, -0.2) is 17.5 Å². The van der Waals surface area contributed by atoms with Gasteiger partial charge in [-0.15, -0.1) is 0 Å². The second-order valence-electron chi connectivity index (χ2n) is 4.15. The summed E-state index contributed by atoms with van der Waals surface area (Å²) >= 11 is 0. The topological polar surface area (TPSA) is 101 Å². The van der Waals surface area contributed by atoms with Crippen molar-refractivity contribution in [3.63, 3.8) is 0 Å². The molecule has 0 fully saturated rings. The van der Waals surface area contributed by atoms with Crippen molar-refractivity contribution in [1.29, 1.82) is 0 Å². The molecule has 0 aliphatic carbocycles. The minimum atomic E-state index is -3.40. The third kappa shape index (κ3) is 5.33. The van der Waals surface area contributed by atoms with Gasteiger partial charge in [0.05, 0.1) is 10.7 Å². The van der Waals surface area contributed by atoms with Crippen LogP contribution in [0.3, 0.4) is 0 Å². The first-order chi connectivity index (χ1) is 9.76. The molecule has 0 saturated carbocycles. The molecule has 7 nitrogen and oxygen atoms in total. The molecule has 0 radical (unpaired) electrons. The fourth-order valence-corrected chi connectivity index (χ4v) is 2.58. The first-order valence-corrected chi connectivity index (χ1v) is 7.72. The molecule has 0 aromatic heterocycles. The lowest BCUT2D eigenvalue weighted by atomic mass is 10.2. The minimum absolute atomic E-state index is 0.0277. The second kappa shape index (κ2) is 7.38. The zero-order chi connectivity index (χ0) is 16.0. The molecule has 1 rings (SSSR count). The van der Waals surface area contributed by atoms with E-state index in [1.165, 1.54) is 0 Å². The molecule has 0 aliphatic rings. The van der Waals surface area contributed by atoms with Crippen LogP contribution in [0, 0.1) is 21.7 Å². The lowest BCUT2D eigenvalue weighted by molar-refractivity contribution is -0.387. The Morgan fingerprint density at radius 2 is 1.95 bits per heavy atom. The third-order valence-corrected chi connectivity index (χ3v) is 4.01. The predicted molar refractivity (Wildman–Crippen MR) is 72.2 cm³/mol. The van der Waals surface area contributed by atoms with E-state index < -0.39 is 32.3 Å². The summed E-state index contributed by atoms with van der Waals surface area (Å²) in [5.74, 6) is -2.40. The van der Waals surface area contributed by atoms with Gasteiger partial charge in [-0.3, -0.25) is 10.1 Å². The van der Waals surface area contributed by atoms with Gasteiger partial charge in [0.2, 0.25) is 15.8 Å². The Balaban J connectivity index is 2.64. The summed E-state index contributed by atoms with van der Waals surface area (Å²) in [5, 5.41) is 13.2. The number of hydrogen-bond donors (Lipinski definition) is 2. The Bertz CT molecular complexity index is 622. The molecule has 2 N–H and O–H groups in total. The van der Waals surface area contributed by atoms with Gasteiger partial charge in [0, 0.05) is 37.3 Å². The zero-order valence-electron chi connectivity index (χ0n) is 11.2. The summed E-state index contributed by atoms with van der Waals surface area (Å²) in [7, 11) is -3.40. The van der Waals surface area contributed by atoms with Crippen LogP contribution in [0.25, 0.3) is 0 Å². The summed E-state index contributed by atoms with van der Waals surface area (Å²) in [6.07, 6.45) is 0. The molecule has 1 aromatic rings. The summed E-state index contributed by atoms with van der Waals surface area (Å²) in [5.41, 5.74) is -0.933. The Kier molecular flexibility index (Phi) is 6.12. The van der Waals surface area contributed by atoms with Crippen molar-refractivity contribution in [1.82, 2.24) is 10.0 Å². The number of halogens is 2. The number of nitrogens with zero attached hydrogens (tertiary/aromatic N) is 1. The number of benzene rings is 1. The van der Waals surface area contributed by atoms with Crippen LogP contribution in [-0.2, 0) is 16.6 Å². The highest BCUT2D eigenvalue weighted by atomic mass is 32.2. The van der Waals surface area contributed by atoms with Gasteiger partial charge in [-0.2, -0.15) is 4.39 Å². The average molecular weight is 323 g/mol. The molecular formula is C11H15F2N3O4S. The molecular weight excluding hydrogens is 308 g/mol. The van der Waals surface area contributed by atoms with E-state index in [0.717, 1.165) is 6.07 Å². The quantitative estimate of drug-likeness (QED) is 0.420. The lowest BCUT2D eigenvalue weighted by Gasteiger charge is -2.07. The lowest BCUT2D eigenvalue weighted by Crippen LogP contribution is -2.31. The normalized spacial score (nSPS) is 11.6. The van der Waals surface area contributed by atoms with Crippen LogP contribution in [0.2, 0.25) is 0 Å². The molecule has 1 aromatic carbocycles. The fourth-order valence-electron chi connectivity index (χ4n) is 1.58. The standard InChI is InChI=1S/C11H15F2N3O4S/c1-2-15-21(19,20)4-3-14-7-8-5-11(16(17)18)10(13)6-9(8)12/h5-6,14-15H,2-4,7H2,1H3. The number of hydrogen-bond acceptors (Lipinski definition) is 5. The molecule has 0 aliphatic heterocycles. The minimum Gasteiger partial charge on any atom is -0.311 e. The Labute approximate surface area is 120 Å². The maximum atomic E-state index is 13.4. The molecule has 118 valence electrons. The summed E-state index contributed by atoms with van der Waals surface area (Å²) < 4.78 is 51.5. The van der Waals surface area contributed by atoms with Crippen molar-refractivity contribution in [2.75, 3.05) is 18.8 Å². The monoisotopic (exact) mass is 323 g/mol. The smallest absolute Gasteiger partial charge is 0.305 e. The third-order valence-electron chi connectivity index (χ3n) is 2.54. The maximum Gasteiger partial charge on any atom is 0.305 e. The Hall–Kier alpha value is -1.65. The average Bonchev–Trinajstić information content (AvgIpc) is 2.36. The van der Waals surface area contributed by atoms with Crippen LogP contribution in [0.4, 0.5) is 14.5 Å². The molecule has 10 heteroatoms. The molecule has 0 bridgehead atoms. The number of rotatable bonds is 8. The molecule has 0 heterocycles. The van der Waals surface area contributed by atoms with Crippen molar-refractivity contribution in [2.24, 2.45) is 0 Å². The predicted octanol–water partition coefficient (Wildman–Crippen LogP) is 0.902. The van der Waals surface area contributed by atoms with Crippen molar-refractivity contribution in [3.8, 4) is 0 Å². The van der Waals surface area contributed by atoms with Gasteiger partial charge in [0.15, 0.2) is 0 Å². The van der Waals surface area contributed by atoms with E-state index in [-0.39, 0.29) is 31.0 Å². The van der Waals surface area contributed by atoms with Gasteiger partial charge >= 0.3 is 5.69 Å². The van der Waals surface area contributed by atoms with Gasteiger partial charge < -0.3 is 5.32 Å². The van der Waals surface area contributed by atoms with Crippen LogP contribution < -0.4 is 10.0 Å². The van der Waals surface area contributed by atoms with Crippen LogP contribution in [0.5, 0.6) is 0 Å². The van der Waals surface area contributed by atoms with Gasteiger partial charge in [0.1, 0.15) is 5.82 Å². The van der Waals surface area contributed by atoms with Crippen LogP contribution in [-0.4, -0.2) is 32.2 Å². The van der Waals surface area contributed by atoms with E-state index >= 15 is 0 Å². The van der Waals surface area contributed by atoms with E-state index in [0.29, 0.717) is 6.07 Å². The van der Waals surface area contributed by atoms with Crippen molar-refractivity contribution in [3.05, 3.63) is 39.4 Å². The van der Waals surface area contributed by atoms with Crippen LogP contribution in [0.1, 0.15) is 12.5 Å². The number of sulfonamides is 1. The molecule has 0 saturated heterocycles. The molecule has 0 spiro atoms. The summed E-state index contributed by atoms with van der Waals surface area (Å²) in [6.45, 7) is 1.79. The highest BCUT2D eigenvalue weighted by Gasteiger charge is 2.18. The van der Waals surface area contributed by atoms with Crippen LogP contribution >= 0.6 is 0 Å². The van der Waals surface area contributed by atoms with Crippen LogP contribution in [0.15, 0.2) is 12.1 Å². The number of nitro benzene ring substituents is 1. The van der Waals surface area contributed by atoms with E-state index in [1.807, 2.05) is 0 Å². The molecule has 0 atom stereocenters. The first-order valence-electron chi connectivity index (χ1n) is 6.07. The van der Waals surface area contributed by atoms with Crippen molar-refractivity contribution in [2.45, 2.75) is 13.5 Å². The van der Waals surface area contributed by atoms with Gasteiger partial charge in [-0.05, 0) is 0 Å². The largest absolute Gasteiger partial charge is 0.311 e. The summed E-state index contributed by atoms with van der Waals surface area (Å²) in [6, 6.07) is 1.22. The Morgan fingerprint density at radius 3 is 2.52 bits per heavy atom. The highest BCUT2D eigenvalue weighted by Crippen LogP contribution is 2.21. The van der Waals surface area contributed by atoms with E-state index in [9.17, 15) is 27.3 Å². The van der Waals surface area contributed by atoms with Crippen molar-refractivity contribution < 1.29 is 22.1 Å². The molecule has 21 heavy (non-hydrogen) atoms. The van der Waals surface area contributed by atoms with Gasteiger partial charge in [-0.1, -0.05) is 6.92 Å². The van der Waals surface area contributed by atoms with E-state index in [1.54, 1.807) is 6.92 Å². The van der Waals surface area contributed by atoms with Gasteiger partial charge in [0.25, 0.3) is 0 Å². The number of nitrogens with one attached hydrogen (secondary N) is 2. The molecule has 0 unspecified atom stereocenters. The van der Waals surface area contributed by atoms with Crippen molar-refractivity contribution >= 4 is 15.7 Å². The second-order valence-corrected chi connectivity index (χ2v) is 6.07. The fraction of sp³-hybridized carbons (Fsp3) is 0.455. The summed E-state index contributed by atoms with van der Waals surface area (Å²) in [4.78, 5) is 9.60. The SMILES string of the molecule is CCNS(=O)(=O)CCNCc1cc([N+](=O)[O-])c(F)cc1F. The van der Waals surface area contributed by atoms with E-state index in [4.69, 9.17) is 0 Å².